The monoisotopic (exact) mass is 381 g/mol. The molecule has 7 nitrogen and oxygen atoms in total. The molecule has 146 valence electrons. The first-order valence-corrected chi connectivity index (χ1v) is 9.39. The Kier molecular flexibility index (Phi) is 4.92. The van der Waals surface area contributed by atoms with E-state index in [-0.39, 0.29) is 24.4 Å². The molecule has 3 N–H and O–H groups in total. The normalized spacial score (nSPS) is 17.7. The lowest BCUT2D eigenvalue weighted by molar-refractivity contribution is -0.126. The molecule has 1 atom stereocenters. The largest absolute Gasteiger partial charge is 0.495 e. The first-order chi connectivity index (χ1) is 13.6. The number of nitrogens with one attached hydrogen (secondary N) is 1. The summed E-state index contributed by atoms with van der Waals surface area (Å²) in [4.78, 5) is 26.1. The molecule has 0 spiro atoms. The highest BCUT2D eigenvalue weighted by Gasteiger charge is 2.28. The minimum atomic E-state index is -0.390. The number of carbonyl (C=O) groups excluding carboxylic acids is 2. The number of furan rings is 1. The average molecular weight is 381 g/mol. The van der Waals surface area contributed by atoms with Crippen molar-refractivity contribution in [1.29, 1.82) is 0 Å². The predicted molar refractivity (Wildman–Crippen MR) is 107 cm³/mol. The van der Waals surface area contributed by atoms with Crippen LogP contribution in [0.15, 0.2) is 40.8 Å². The third-order valence-electron chi connectivity index (χ3n) is 5.26. The summed E-state index contributed by atoms with van der Waals surface area (Å²) in [5.41, 5.74) is 7.47. The number of fused-ring (bicyclic) bond motifs is 3. The molecular weight excluding hydrogens is 358 g/mol. The second-order valence-corrected chi connectivity index (χ2v) is 7.08. The van der Waals surface area contributed by atoms with Crippen LogP contribution in [0.3, 0.4) is 0 Å². The fourth-order valence-corrected chi connectivity index (χ4v) is 3.89. The van der Waals surface area contributed by atoms with Gasteiger partial charge in [0, 0.05) is 16.8 Å². The highest BCUT2D eigenvalue weighted by molar-refractivity contribution is 6.07. The van der Waals surface area contributed by atoms with E-state index in [0.29, 0.717) is 30.0 Å². The first-order valence-electron chi connectivity index (χ1n) is 9.39. The maximum Gasteiger partial charge on any atom is 0.238 e. The molecule has 1 fully saturated rings. The standard InChI is InChI=1S/C21H23N3O4/c1-27-19-10-14-13-6-2-3-8-17(13)28-18(14)11-15(19)23-20(25)12-24-9-5-4-7-16(24)21(22)26/h2-3,6,8,10-11,16H,4-5,7,9,12H2,1H3,(H2,22,26)(H,23,25). The number of hydrogen-bond donors (Lipinski definition) is 2. The Balaban J connectivity index is 1.58. The number of para-hydroxylation sites is 1. The lowest BCUT2D eigenvalue weighted by Crippen LogP contribution is -2.50. The van der Waals surface area contributed by atoms with Gasteiger partial charge in [0.1, 0.15) is 16.9 Å². The second kappa shape index (κ2) is 7.52. The number of nitrogens with zero attached hydrogens (tertiary/aromatic N) is 1. The first kappa shape index (κ1) is 18.3. The Morgan fingerprint density at radius 2 is 2.04 bits per heavy atom. The van der Waals surface area contributed by atoms with Crippen LogP contribution in [0.5, 0.6) is 5.75 Å². The Labute approximate surface area is 162 Å². The van der Waals surface area contributed by atoms with Gasteiger partial charge in [0.25, 0.3) is 0 Å². The number of benzene rings is 2. The number of anilines is 1. The summed E-state index contributed by atoms with van der Waals surface area (Å²) in [6.07, 6.45) is 2.59. The van der Waals surface area contributed by atoms with Crippen LogP contribution in [-0.2, 0) is 9.59 Å². The van der Waals surface area contributed by atoms with Gasteiger partial charge in [0.05, 0.1) is 25.4 Å². The molecule has 1 aromatic heterocycles. The molecule has 0 bridgehead atoms. The van der Waals surface area contributed by atoms with E-state index in [1.165, 1.54) is 0 Å². The molecule has 1 aliphatic heterocycles. The Morgan fingerprint density at radius 3 is 2.82 bits per heavy atom. The number of likely N-dealkylation sites (tertiary alicyclic amines) is 1. The van der Waals surface area contributed by atoms with Crippen LogP contribution in [-0.4, -0.2) is 43.0 Å². The summed E-state index contributed by atoms with van der Waals surface area (Å²) >= 11 is 0. The van der Waals surface area contributed by atoms with Gasteiger partial charge in [-0.2, -0.15) is 0 Å². The molecule has 0 radical (unpaired) electrons. The van der Waals surface area contributed by atoms with E-state index >= 15 is 0 Å². The van der Waals surface area contributed by atoms with Crippen molar-refractivity contribution in [2.45, 2.75) is 25.3 Å². The lowest BCUT2D eigenvalue weighted by Gasteiger charge is -2.32. The number of piperidine rings is 1. The van der Waals surface area contributed by atoms with Gasteiger partial charge in [0.15, 0.2) is 0 Å². The molecular formula is C21H23N3O4. The van der Waals surface area contributed by atoms with Crippen LogP contribution in [0.2, 0.25) is 0 Å². The summed E-state index contributed by atoms with van der Waals surface area (Å²) in [5, 5.41) is 4.81. The second-order valence-electron chi connectivity index (χ2n) is 7.08. The van der Waals surface area contributed by atoms with Crippen LogP contribution >= 0.6 is 0 Å². The van der Waals surface area contributed by atoms with E-state index in [9.17, 15) is 9.59 Å². The zero-order valence-corrected chi connectivity index (χ0v) is 15.7. The average Bonchev–Trinajstić information content (AvgIpc) is 3.04. The molecule has 28 heavy (non-hydrogen) atoms. The number of ether oxygens (including phenoxy) is 1. The van der Waals surface area contributed by atoms with Crippen molar-refractivity contribution in [2.75, 3.05) is 25.5 Å². The summed E-state index contributed by atoms with van der Waals surface area (Å²) < 4.78 is 11.4. The Bertz CT molecular complexity index is 1040. The van der Waals surface area contributed by atoms with Gasteiger partial charge in [-0.05, 0) is 31.5 Å². The molecule has 0 aliphatic carbocycles. The molecule has 2 amide bonds. The minimum Gasteiger partial charge on any atom is -0.495 e. The quantitative estimate of drug-likeness (QED) is 0.708. The smallest absolute Gasteiger partial charge is 0.238 e. The summed E-state index contributed by atoms with van der Waals surface area (Å²) in [6, 6.07) is 11.0. The zero-order chi connectivity index (χ0) is 19.7. The van der Waals surface area contributed by atoms with Gasteiger partial charge in [-0.3, -0.25) is 14.5 Å². The van der Waals surface area contributed by atoms with Gasteiger partial charge < -0.3 is 20.2 Å². The molecule has 1 aliphatic rings. The number of methoxy groups -OCH3 is 1. The van der Waals surface area contributed by atoms with Gasteiger partial charge in [-0.15, -0.1) is 0 Å². The van der Waals surface area contributed by atoms with Crippen LogP contribution in [0.25, 0.3) is 21.9 Å². The number of nitrogens with two attached hydrogens (primary N) is 1. The summed E-state index contributed by atoms with van der Waals surface area (Å²) in [6.45, 7) is 0.787. The SMILES string of the molecule is COc1cc2c(cc1NC(=O)CN1CCCCC1C(N)=O)oc1ccccc12. The molecule has 2 aromatic carbocycles. The number of primary amides is 1. The topological polar surface area (TPSA) is 97.8 Å². The molecule has 1 unspecified atom stereocenters. The Hall–Kier alpha value is -3.06. The van der Waals surface area contributed by atoms with E-state index < -0.39 is 0 Å². The van der Waals surface area contributed by atoms with Crippen molar-refractivity contribution in [3.8, 4) is 5.75 Å². The Morgan fingerprint density at radius 1 is 1.21 bits per heavy atom. The van der Waals surface area contributed by atoms with E-state index in [1.54, 1.807) is 13.2 Å². The predicted octanol–water partition coefficient (Wildman–Crippen LogP) is 2.87. The third-order valence-corrected chi connectivity index (χ3v) is 5.26. The van der Waals surface area contributed by atoms with Crippen LogP contribution in [0, 0.1) is 0 Å². The van der Waals surface area contributed by atoms with Crippen molar-refractivity contribution in [1.82, 2.24) is 4.90 Å². The minimum absolute atomic E-state index is 0.106. The third kappa shape index (κ3) is 3.41. The van der Waals surface area contributed by atoms with E-state index in [2.05, 4.69) is 5.32 Å². The number of carbonyl (C=O) groups is 2. The fourth-order valence-electron chi connectivity index (χ4n) is 3.89. The van der Waals surface area contributed by atoms with Crippen molar-refractivity contribution < 1.29 is 18.7 Å². The lowest BCUT2D eigenvalue weighted by atomic mass is 10.0. The van der Waals surface area contributed by atoms with Gasteiger partial charge in [-0.1, -0.05) is 24.6 Å². The maximum atomic E-state index is 12.6. The van der Waals surface area contributed by atoms with Crippen LogP contribution < -0.4 is 15.8 Å². The molecule has 3 aromatic rings. The molecule has 7 heteroatoms. The van der Waals surface area contributed by atoms with E-state index in [4.69, 9.17) is 14.9 Å². The number of rotatable bonds is 5. The highest BCUT2D eigenvalue weighted by atomic mass is 16.5. The summed E-state index contributed by atoms with van der Waals surface area (Å²) in [7, 11) is 1.56. The van der Waals surface area contributed by atoms with Crippen LogP contribution in [0.1, 0.15) is 19.3 Å². The van der Waals surface area contributed by atoms with E-state index in [0.717, 1.165) is 29.2 Å². The van der Waals surface area contributed by atoms with Gasteiger partial charge >= 0.3 is 0 Å². The zero-order valence-electron chi connectivity index (χ0n) is 15.7. The maximum absolute atomic E-state index is 12.6. The van der Waals surface area contributed by atoms with Crippen molar-refractivity contribution in [3.63, 3.8) is 0 Å². The van der Waals surface area contributed by atoms with Gasteiger partial charge in [0.2, 0.25) is 11.8 Å². The molecule has 4 rings (SSSR count). The molecule has 1 saturated heterocycles. The summed E-state index contributed by atoms with van der Waals surface area (Å²) in [5.74, 6) is -0.0480. The van der Waals surface area contributed by atoms with Crippen molar-refractivity contribution >= 4 is 39.4 Å². The van der Waals surface area contributed by atoms with Crippen molar-refractivity contribution in [2.24, 2.45) is 5.73 Å². The highest BCUT2D eigenvalue weighted by Crippen LogP contribution is 2.36. The number of hydrogen-bond acceptors (Lipinski definition) is 5. The molecule has 0 saturated carbocycles. The van der Waals surface area contributed by atoms with Crippen molar-refractivity contribution in [3.05, 3.63) is 36.4 Å². The fraction of sp³-hybridized carbons (Fsp3) is 0.333. The van der Waals surface area contributed by atoms with Gasteiger partial charge in [-0.25, -0.2) is 0 Å². The molecule has 2 heterocycles. The number of amides is 2. The van der Waals surface area contributed by atoms with E-state index in [1.807, 2.05) is 35.2 Å². The van der Waals surface area contributed by atoms with Crippen LogP contribution in [0.4, 0.5) is 5.69 Å².